The van der Waals surface area contributed by atoms with Gasteiger partial charge in [0.25, 0.3) is 0 Å². The number of carbonyl (C=O) groups is 1. The average molecular weight is 208 g/mol. The Labute approximate surface area is 92.1 Å². The highest BCUT2D eigenvalue weighted by Crippen LogP contribution is 2.27. The highest BCUT2D eigenvalue weighted by molar-refractivity contribution is 5.78. The minimum absolute atomic E-state index is 0.0729. The quantitative estimate of drug-likeness (QED) is 0.698. The maximum Gasteiger partial charge on any atom is 0.225 e. The molecule has 1 amide bonds. The van der Waals surface area contributed by atoms with Crippen LogP contribution in [0.1, 0.15) is 39.5 Å². The van der Waals surface area contributed by atoms with Crippen molar-refractivity contribution < 1.29 is 4.79 Å². The Bertz CT molecular complexity index is 259. The lowest BCUT2D eigenvalue weighted by Crippen LogP contribution is -2.41. The van der Waals surface area contributed by atoms with Crippen LogP contribution in [0.15, 0.2) is 0 Å². The molecule has 0 radical (unpaired) electrons. The minimum atomic E-state index is 0.0729. The fraction of sp³-hybridized carbons (Fsp3) is 0.833. The molecule has 84 valence electrons. The van der Waals surface area contributed by atoms with E-state index in [0.717, 1.165) is 25.7 Å². The van der Waals surface area contributed by atoms with Crippen LogP contribution in [0.2, 0.25) is 0 Å². The summed E-state index contributed by atoms with van der Waals surface area (Å²) in [5.41, 5.74) is 0. The van der Waals surface area contributed by atoms with Crippen LogP contribution in [0.5, 0.6) is 0 Å². The van der Waals surface area contributed by atoms with E-state index in [1.54, 1.807) is 0 Å². The van der Waals surface area contributed by atoms with Crippen molar-refractivity contribution in [2.75, 3.05) is 7.05 Å². The summed E-state index contributed by atoms with van der Waals surface area (Å²) in [4.78, 5) is 13.6. The van der Waals surface area contributed by atoms with E-state index >= 15 is 0 Å². The predicted octanol–water partition coefficient (Wildman–Crippen LogP) is 2.18. The van der Waals surface area contributed by atoms with Gasteiger partial charge in [-0.25, -0.2) is 0 Å². The summed E-state index contributed by atoms with van der Waals surface area (Å²) in [5, 5.41) is 8.78. The van der Waals surface area contributed by atoms with E-state index in [-0.39, 0.29) is 17.7 Å². The molecule has 0 aromatic heterocycles. The number of hydrogen-bond donors (Lipinski definition) is 0. The molecule has 1 saturated carbocycles. The fourth-order valence-electron chi connectivity index (χ4n) is 2.18. The van der Waals surface area contributed by atoms with Crippen LogP contribution in [0.3, 0.4) is 0 Å². The lowest BCUT2D eigenvalue weighted by atomic mass is 9.86. The third-order valence-electron chi connectivity index (χ3n) is 3.27. The van der Waals surface area contributed by atoms with Gasteiger partial charge in [0.1, 0.15) is 0 Å². The van der Waals surface area contributed by atoms with Crippen LogP contribution in [0.25, 0.3) is 0 Å². The van der Waals surface area contributed by atoms with Crippen LogP contribution >= 0.6 is 0 Å². The molecule has 1 rings (SSSR count). The van der Waals surface area contributed by atoms with Crippen molar-refractivity contribution in [3.8, 4) is 6.07 Å². The number of carbonyl (C=O) groups excluding carboxylic acids is 1. The number of nitrogens with zero attached hydrogens (tertiary/aromatic N) is 2. The van der Waals surface area contributed by atoms with E-state index in [9.17, 15) is 4.79 Å². The van der Waals surface area contributed by atoms with Crippen molar-refractivity contribution in [2.45, 2.75) is 45.6 Å². The van der Waals surface area contributed by atoms with Gasteiger partial charge in [0.05, 0.1) is 6.07 Å². The maximum absolute atomic E-state index is 11.8. The van der Waals surface area contributed by atoms with Gasteiger partial charge in [-0.3, -0.25) is 4.79 Å². The first kappa shape index (κ1) is 12.0. The van der Waals surface area contributed by atoms with Crippen LogP contribution < -0.4 is 0 Å². The van der Waals surface area contributed by atoms with Crippen molar-refractivity contribution in [1.29, 1.82) is 5.26 Å². The number of rotatable bonds is 2. The monoisotopic (exact) mass is 208 g/mol. The molecule has 1 aliphatic carbocycles. The van der Waals surface area contributed by atoms with Crippen LogP contribution in [-0.4, -0.2) is 23.9 Å². The van der Waals surface area contributed by atoms with Crippen molar-refractivity contribution >= 4 is 5.91 Å². The van der Waals surface area contributed by atoms with E-state index < -0.39 is 0 Å². The lowest BCUT2D eigenvalue weighted by Gasteiger charge is -2.33. The summed E-state index contributed by atoms with van der Waals surface area (Å²) in [6.07, 6.45) is 3.84. The summed E-state index contributed by atoms with van der Waals surface area (Å²) >= 11 is 0. The molecular weight excluding hydrogens is 188 g/mol. The Balaban J connectivity index is 2.47. The molecule has 3 nitrogen and oxygen atoms in total. The highest BCUT2D eigenvalue weighted by atomic mass is 16.2. The van der Waals surface area contributed by atoms with Gasteiger partial charge in [-0.15, -0.1) is 0 Å². The Kier molecular flexibility index (Phi) is 4.14. The Morgan fingerprint density at radius 1 is 1.33 bits per heavy atom. The first-order chi connectivity index (χ1) is 7.06. The molecule has 0 unspecified atom stereocenters. The maximum atomic E-state index is 11.8. The first-order valence-corrected chi connectivity index (χ1v) is 5.72. The van der Waals surface area contributed by atoms with Crippen molar-refractivity contribution in [3.05, 3.63) is 0 Å². The average Bonchev–Trinajstić information content (AvgIpc) is 2.27. The molecule has 0 N–H and O–H groups in total. The Hall–Kier alpha value is -1.04. The van der Waals surface area contributed by atoms with Gasteiger partial charge in [0.2, 0.25) is 5.91 Å². The molecule has 3 heteroatoms. The van der Waals surface area contributed by atoms with E-state index in [1.807, 2.05) is 25.8 Å². The van der Waals surface area contributed by atoms with E-state index in [4.69, 9.17) is 5.26 Å². The van der Waals surface area contributed by atoms with Crippen molar-refractivity contribution in [3.63, 3.8) is 0 Å². The molecular formula is C12H20N2O. The van der Waals surface area contributed by atoms with Crippen molar-refractivity contribution in [2.24, 2.45) is 11.8 Å². The summed E-state index contributed by atoms with van der Waals surface area (Å²) in [7, 11) is 1.89. The topological polar surface area (TPSA) is 44.1 Å². The third-order valence-corrected chi connectivity index (χ3v) is 3.27. The molecule has 0 heterocycles. The van der Waals surface area contributed by atoms with E-state index in [0.29, 0.717) is 6.04 Å². The van der Waals surface area contributed by atoms with Gasteiger partial charge in [-0.05, 0) is 25.7 Å². The second-order valence-corrected chi connectivity index (χ2v) is 4.74. The summed E-state index contributed by atoms with van der Waals surface area (Å²) in [6.45, 7) is 3.86. The van der Waals surface area contributed by atoms with Gasteiger partial charge < -0.3 is 4.90 Å². The van der Waals surface area contributed by atoms with Gasteiger partial charge in [-0.1, -0.05) is 13.8 Å². The smallest absolute Gasteiger partial charge is 0.225 e. The zero-order chi connectivity index (χ0) is 11.4. The highest BCUT2D eigenvalue weighted by Gasteiger charge is 2.27. The normalized spacial score (nSPS) is 26.1. The first-order valence-electron chi connectivity index (χ1n) is 5.72. The van der Waals surface area contributed by atoms with Crippen LogP contribution in [0.4, 0.5) is 0 Å². The number of amides is 1. The number of hydrogen-bond acceptors (Lipinski definition) is 2. The van der Waals surface area contributed by atoms with Gasteiger partial charge in [0, 0.05) is 24.9 Å². The molecule has 0 saturated heterocycles. The van der Waals surface area contributed by atoms with Crippen LogP contribution in [0, 0.1) is 23.2 Å². The SMILES string of the molecule is CC(C)C(=O)N(C)C1CCC(C#N)CC1. The molecule has 1 aliphatic rings. The summed E-state index contributed by atoms with van der Waals surface area (Å²) in [6, 6.07) is 2.66. The third kappa shape index (κ3) is 2.95. The minimum Gasteiger partial charge on any atom is -0.343 e. The lowest BCUT2D eigenvalue weighted by molar-refractivity contribution is -0.135. The van der Waals surface area contributed by atoms with Crippen LogP contribution in [-0.2, 0) is 4.79 Å². The predicted molar refractivity (Wildman–Crippen MR) is 59.0 cm³/mol. The van der Waals surface area contributed by atoms with E-state index in [1.165, 1.54) is 0 Å². The molecule has 0 spiro atoms. The molecule has 0 aromatic rings. The molecule has 1 fully saturated rings. The standard InChI is InChI=1S/C12H20N2O/c1-9(2)12(15)14(3)11-6-4-10(8-13)5-7-11/h9-11H,4-7H2,1-3H3. The van der Waals surface area contributed by atoms with Gasteiger partial charge in [-0.2, -0.15) is 5.26 Å². The fourth-order valence-corrected chi connectivity index (χ4v) is 2.18. The zero-order valence-corrected chi connectivity index (χ0v) is 9.86. The molecule has 0 aromatic carbocycles. The van der Waals surface area contributed by atoms with Crippen molar-refractivity contribution in [1.82, 2.24) is 4.90 Å². The molecule has 0 aliphatic heterocycles. The Morgan fingerprint density at radius 3 is 2.27 bits per heavy atom. The second-order valence-electron chi connectivity index (χ2n) is 4.74. The Morgan fingerprint density at radius 2 is 1.87 bits per heavy atom. The van der Waals surface area contributed by atoms with Gasteiger partial charge >= 0.3 is 0 Å². The molecule has 0 atom stereocenters. The summed E-state index contributed by atoms with van der Waals surface area (Å²) < 4.78 is 0. The molecule has 0 bridgehead atoms. The van der Waals surface area contributed by atoms with Gasteiger partial charge in [0.15, 0.2) is 0 Å². The molecule has 15 heavy (non-hydrogen) atoms. The second kappa shape index (κ2) is 5.16. The largest absolute Gasteiger partial charge is 0.343 e. The number of nitriles is 1. The van der Waals surface area contributed by atoms with E-state index in [2.05, 4.69) is 6.07 Å². The summed E-state index contributed by atoms with van der Waals surface area (Å²) in [5.74, 6) is 0.503. The zero-order valence-electron chi connectivity index (χ0n) is 9.86.